The minimum Gasteiger partial charge on any atom is -0.150 e. The molecule has 2 nitrogen and oxygen atoms in total. The Hall–Kier alpha value is -1.35. The maximum atomic E-state index is 4.63. The third kappa shape index (κ3) is 1.19. The van der Waals surface area contributed by atoms with Gasteiger partial charge >= 0.3 is 0 Å². The summed E-state index contributed by atoms with van der Waals surface area (Å²) in [7, 11) is 0. The van der Waals surface area contributed by atoms with E-state index >= 15 is 0 Å². The Kier molecular flexibility index (Phi) is 1.80. The van der Waals surface area contributed by atoms with E-state index < -0.39 is 0 Å². The zero-order valence-corrected chi connectivity index (χ0v) is 7.01. The van der Waals surface area contributed by atoms with Crippen LogP contribution in [0.5, 0.6) is 0 Å². The smallest absolute Gasteiger partial charge is 0.106 e. The number of rotatable bonds is 1. The third-order valence-electron chi connectivity index (χ3n) is 1.60. The van der Waals surface area contributed by atoms with Crippen LogP contribution in [-0.4, -0.2) is 15.6 Å². The molecular formula is C9H5N2S. The molecule has 0 atom stereocenters. The van der Waals surface area contributed by atoms with Crippen LogP contribution in [0.1, 0.15) is 5.69 Å². The van der Waals surface area contributed by atoms with E-state index in [1.54, 1.807) is 0 Å². The lowest BCUT2D eigenvalue weighted by atomic mass is 10.2. The van der Waals surface area contributed by atoms with Gasteiger partial charge in [0, 0.05) is 5.39 Å². The van der Waals surface area contributed by atoms with Crippen molar-refractivity contribution >= 4 is 28.5 Å². The van der Waals surface area contributed by atoms with E-state index in [2.05, 4.69) is 27.8 Å². The largest absolute Gasteiger partial charge is 0.150 e. The van der Waals surface area contributed by atoms with Crippen LogP contribution in [0.2, 0.25) is 0 Å². The molecule has 2 aromatic rings. The molecule has 2 rings (SSSR count). The molecule has 0 amide bonds. The fourth-order valence-corrected chi connectivity index (χ4v) is 1.13. The molecule has 0 fully saturated rings. The summed E-state index contributed by atoms with van der Waals surface area (Å²) in [5.41, 5.74) is 1.50. The minimum atomic E-state index is 0.615. The van der Waals surface area contributed by atoms with Gasteiger partial charge in [0.2, 0.25) is 0 Å². The lowest BCUT2D eigenvalue weighted by Gasteiger charge is -1.94. The molecule has 0 aliphatic heterocycles. The molecule has 0 unspecified atom stereocenters. The summed E-state index contributed by atoms with van der Waals surface area (Å²) in [6.45, 7) is 0. The topological polar surface area (TPSA) is 25.8 Å². The normalized spacial score (nSPS) is 10.0. The Morgan fingerprint density at radius 1 is 1.17 bits per heavy atom. The molecule has 0 saturated heterocycles. The number of hydrogen-bond donors (Lipinski definition) is 0. The average molecular weight is 173 g/mol. The second-order valence-corrected chi connectivity index (χ2v) is 2.59. The molecule has 0 bridgehead atoms. The highest BCUT2D eigenvalue weighted by atomic mass is 32.1. The zero-order valence-electron chi connectivity index (χ0n) is 6.19. The van der Waals surface area contributed by atoms with Crippen LogP contribution in [0.4, 0.5) is 0 Å². The summed E-state index contributed by atoms with van der Waals surface area (Å²) in [5.74, 6) is 0. The van der Waals surface area contributed by atoms with Crippen molar-refractivity contribution in [2.75, 3.05) is 0 Å². The number of benzene rings is 1. The summed E-state index contributed by atoms with van der Waals surface area (Å²) in [6, 6.07) is 9.64. The van der Waals surface area contributed by atoms with Gasteiger partial charge in [-0.3, -0.25) is 0 Å². The predicted molar refractivity (Wildman–Crippen MR) is 51.2 cm³/mol. The Morgan fingerprint density at radius 2 is 2.00 bits per heavy atom. The van der Waals surface area contributed by atoms with Crippen LogP contribution in [-0.2, 0) is 0 Å². The van der Waals surface area contributed by atoms with Crippen LogP contribution in [0.3, 0.4) is 0 Å². The highest BCUT2D eigenvalue weighted by Crippen LogP contribution is 2.09. The number of aromatic nitrogens is 2. The first-order valence-electron chi connectivity index (χ1n) is 3.51. The monoisotopic (exact) mass is 173 g/mol. The Morgan fingerprint density at radius 3 is 2.83 bits per heavy atom. The van der Waals surface area contributed by atoms with Crippen LogP contribution in [0.15, 0.2) is 30.3 Å². The van der Waals surface area contributed by atoms with Crippen molar-refractivity contribution in [1.82, 2.24) is 10.2 Å². The van der Waals surface area contributed by atoms with Crippen LogP contribution < -0.4 is 0 Å². The number of nitrogens with zero attached hydrogens (tertiary/aromatic N) is 2. The Labute approximate surface area is 75.2 Å². The van der Waals surface area contributed by atoms with E-state index in [-0.39, 0.29) is 0 Å². The molecule has 0 N–H and O–H groups in total. The second-order valence-electron chi connectivity index (χ2n) is 2.39. The van der Waals surface area contributed by atoms with E-state index in [4.69, 9.17) is 0 Å². The molecule has 12 heavy (non-hydrogen) atoms. The molecular weight excluding hydrogens is 168 g/mol. The lowest BCUT2D eigenvalue weighted by molar-refractivity contribution is 1.07. The molecule has 0 spiro atoms. The number of hydrogen-bond acceptors (Lipinski definition) is 3. The molecule has 0 saturated carbocycles. The summed E-state index contributed by atoms with van der Waals surface area (Å²) < 4.78 is 0. The SMILES string of the molecule is S=[C]c1cc2ccccc2nn1. The van der Waals surface area contributed by atoms with Gasteiger partial charge in [-0.25, -0.2) is 0 Å². The fraction of sp³-hybridized carbons (Fsp3) is 0. The molecule has 1 radical (unpaired) electrons. The summed E-state index contributed by atoms with van der Waals surface area (Å²) in [4.78, 5) is 0. The van der Waals surface area contributed by atoms with E-state index in [0.717, 1.165) is 10.9 Å². The third-order valence-corrected chi connectivity index (χ3v) is 1.81. The van der Waals surface area contributed by atoms with Gasteiger partial charge in [0.05, 0.1) is 10.9 Å². The van der Waals surface area contributed by atoms with Crippen molar-refractivity contribution in [2.45, 2.75) is 0 Å². The molecule has 1 heterocycles. The summed E-state index contributed by atoms with van der Waals surface area (Å²) >= 11 is 4.63. The molecule has 0 aliphatic rings. The predicted octanol–water partition coefficient (Wildman–Crippen LogP) is 1.85. The number of thiocarbonyl (C=S) groups is 1. The average Bonchev–Trinajstić information content (AvgIpc) is 2.17. The first-order valence-corrected chi connectivity index (χ1v) is 3.91. The highest BCUT2D eigenvalue weighted by Gasteiger charge is 1.94. The van der Waals surface area contributed by atoms with Crippen molar-refractivity contribution in [3.05, 3.63) is 36.0 Å². The van der Waals surface area contributed by atoms with E-state index in [1.165, 1.54) is 0 Å². The van der Waals surface area contributed by atoms with Crippen molar-refractivity contribution in [3.63, 3.8) is 0 Å². The van der Waals surface area contributed by atoms with Gasteiger partial charge in [0.25, 0.3) is 0 Å². The van der Waals surface area contributed by atoms with Gasteiger partial charge in [-0.1, -0.05) is 30.4 Å². The van der Waals surface area contributed by atoms with Crippen molar-refractivity contribution in [2.24, 2.45) is 0 Å². The minimum absolute atomic E-state index is 0.615. The Bertz CT molecular complexity index is 426. The van der Waals surface area contributed by atoms with Crippen LogP contribution >= 0.6 is 12.2 Å². The fourth-order valence-electron chi connectivity index (χ4n) is 1.03. The number of fused-ring (bicyclic) bond motifs is 1. The maximum absolute atomic E-state index is 4.63. The van der Waals surface area contributed by atoms with E-state index in [0.29, 0.717) is 5.69 Å². The summed E-state index contributed by atoms with van der Waals surface area (Å²) in [6.07, 6.45) is 0. The van der Waals surface area contributed by atoms with Gasteiger partial charge in [-0.15, -0.1) is 10.2 Å². The molecule has 57 valence electrons. The quantitative estimate of drug-likeness (QED) is 0.615. The standard InChI is InChI=1S/C9H5N2S/c12-6-8-5-7-3-1-2-4-9(7)11-10-8/h1-5H. The zero-order chi connectivity index (χ0) is 8.39. The Balaban J connectivity index is 2.75. The van der Waals surface area contributed by atoms with Crippen molar-refractivity contribution in [3.8, 4) is 0 Å². The first kappa shape index (κ1) is 7.31. The van der Waals surface area contributed by atoms with Gasteiger partial charge < -0.3 is 0 Å². The second kappa shape index (κ2) is 2.95. The molecule has 1 aromatic carbocycles. The van der Waals surface area contributed by atoms with Gasteiger partial charge in [0.1, 0.15) is 5.69 Å². The van der Waals surface area contributed by atoms with Gasteiger partial charge in [-0.05, 0) is 12.1 Å². The molecule has 1 aromatic heterocycles. The lowest BCUT2D eigenvalue weighted by Crippen LogP contribution is -1.89. The maximum Gasteiger partial charge on any atom is 0.106 e. The van der Waals surface area contributed by atoms with Gasteiger partial charge in [-0.2, -0.15) is 0 Å². The molecule has 0 aliphatic carbocycles. The van der Waals surface area contributed by atoms with Crippen molar-refractivity contribution < 1.29 is 0 Å². The molecule has 3 heteroatoms. The van der Waals surface area contributed by atoms with E-state index in [9.17, 15) is 0 Å². The van der Waals surface area contributed by atoms with Crippen LogP contribution in [0.25, 0.3) is 10.9 Å². The van der Waals surface area contributed by atoms with Crippen LogP contribution in [0, 0.1) is 0 Å². The van der Waals surface area contributed by atoms with Crippen molar-refractivity contribution in [1.29, 1.82) is 0 Å². The van der Waals surface area contributed by atoms with Gasteiger partial charge in [0.15, 0.2) is 0 Å². The highest BCUT2D eigenvalue weighted by molar-refractivity contribution is 7.79. The summed E-state index contributed by atoms with van der Waals surface area (Å²) in [5, 5.41) is 11.4. The van der Waals surface area contributed by atoms with E-state index in [1.807, 2.05) is 30.3 Å². The first-order chi connectivity index (χ1) is 5.90.